The Morgan fingerprint density at radius 3 is 2.18 bits per heavy atom. The number of imide groups is 1. The van der Waals surface area contributed by atoms with Crippen molar-refractivity contribution < 1.29 is 9.59 Å². The Hall–Kier alpha value is -0.900. The van der Waals surface area contributed by atoms with Crippen LogP contribution in [0.25, 0.3) is 0 Å². The molecular formula is C13H22N2O2. The average Bonchev–Trinajstić information content (AvgIpc) is 2.29. The molecule has 1 heterocycles. The van der Waals surface area contributed by atoms with E-state index in [1.54, 1.807) is 0 Å². The third-order valence-electron chi connectivity index (χ3n) is 4.15. The van der Waals surface area contributed by atoms with Crippen molar-refractivity contribution in [2.75, 3.05) is 13.1 Å². The van der Waals surface area contributed by atoms with Gasteiger partial charge in [0.1, 0.15) is 0 Å². The summed E-state index contributed by atoms with van der Waals surface area (Å²) in [4.78, 5) is 25.5. The fourth-order valence-corrected chi connectivity index (χ4v) is 3.19. The first-order valence-electron chi connectivity index (χ1n) is 6.70. The lowest BCUT2D eigenvalue weighted by Gasteiger charge is -2.42. The smallest absolute Gasteiger partial charge is 0.229 e. The number of piperidine rings is 1. The fraction of sp³-hybridized carbons (Fsp3) is 0.846. The second-order valence-corrected chi connectivity index (χ2v) is 5.50. The van der Waals surface area contributed by atoms with Gasteiger partial charge in [0.15, 0.2) is 0 Å². The molecule has 2 fully saturated rings. The molecule has 4 nitrogen and oxygen atoms in total. The van der Waals surface area contributed by atoms with Crippen molar-refractivity contribution in [1.29, 1.82) is 0 Å². The number of nitrogens with two attached hydrogens (primary N) is 1. The molecule has 1 saturated heterocycles. The third-order valence-corrected chi connectivity index (χ3v) is 4.15. The summed E-state index contributed by atoms with van der Waals surface area (Å²) in [7, 11) is 0. The van der Waals surface area contributed by atoms with Crippen LogP contribution in [-0.2, 0) is 9.59 Å². The zero-order valence-electron chi connectivity index (χ0n) is 10.4. The Morgan fingerprint density at radius 1 is 1.06 bits per heavy atom. The largest absolute Gasteiger partial charge is 0.330 e. The summed E-state index contributed by atoms with van der Waals surface area (Å²) in [6.45, 7) is 1.03. The molecular weight excluding hydrogens is 216 g/mol. The number of carbonyl (C=O) groups is 2. The number of amides is 2. The van der Waals surface area contributed by atoms with Crippen molar-refractivity contribution in [3.63, 3.8) is 0 Å². The number of rotatable bonds is 3. The van der Waals surface area contributed by atoms with Crippen molar-refractivity contribution in [3.8, 4) is 0 Å². The van der Waals surface area contributed by atoms with E-state index < -0.39 is 0 Å². The highest BCUT2D eigenvalue weighted by Gasteiger charge is 2.43. The number of hydrogen-bond donors (Lipinski definition) is 1. The first kappa shape index (κ1) is 12.6. The van der Waals surface area contributed by atoms with Crippen molar-refractivity contribution in [2.24, 2.45) is 11.1 Å². The van der Waals surface area contributed by atoms with Crippen molar-refractivity contribution in [2.45, 2.75) is 51.4 Å². The maximum absolute atomic E-state index is 12.0. The van der Waals surface area contributed by atoms with Gasteiger partial charge in [0.25, 0.3) is 0 Å². The molecule has 2 amide bonds. The van der Waals surface area contributed by atoms with E-state index in [1.807, 2.05) is 0 Å². The Labute approximate surface area is 103 Å². The summed E-state index contributed by atoms with van der Waals surface area (Å²) >= 11 is 0. The summed E-state index contributed by atoms with van der Waals surface area (Å²) < 4.78 is 0. The molecule has 1 spiro atoms. The highest BCUT2D eigenvalue weighted by atomic mass is 16.2. The minimum atomic E-state index is 0.00559. The van der Waals surface area contributed by atoms with Crippen LogP contribution in [0, 0.1) is 5.41 Å². The first-order chi connectivity index (χ1) is 8.17. The molecule has 2 rings (SSSR count). The van der Waals surface area contributed by atoms with Crippen molar-refractivity contribution in [1.82, 2.24) is 4.90 Å². The molecule has 1 saturated carbocycles. The minimum Gasteiger partial charge on any atom is -0.330 e. The predicted octanol–water partition coefficient (Wildman–Crippen LogP) is 1.43. The minimum absolute atomic E-state index is 0.00559. The average molecular weight is 238 g/mol. The van der Waals surface area contributed by atoms with Gasteiger partial charge in [0, 0.05) is 19.4 Å². The van der Waals surface area contributed by atoms with Crippen LogP contribution in [0.15, 0.2) is 0 Å². The van der Waals surface area contributed by atoms with Gasteiger partial charge in [0.05, 0.1) is 0 Å². The lowest BCUT2D eigenvalue weighted by molar-refractivity contribution is -0.154. The van der Waals surface area contributed by atoms with Crippen LogP contribution < -0.4 is 5.73 Å². The fourth-order valence-electron chi connectivity index (χ4n) is 3.19. The molecule has 0 atom stereocenters. The molecule has 0 aromatic carbocycles. The second kappa shape index (κ2) is 5.17. The van der Waals surface area contributed by atoms with Crippen LogP contribution in [0.3, 0.4) is 0 Å². The Kier molecular flexibility index (Phi) is 3.82. The summed E-state index contributed by atoms with van der Waals surface area (Å²) in [6.07, 6.45) is 7.55. The second-order valence-electron chi connectivity index (χ2n) is 5.50. The normalized spacial score (nSPS) is 24.4. The summed E-state index contributed by atoms with van der Waals surface area (Å²) in [5.74, 6) is 0.0493. The monoisotopic (exact) mass is 238 g/mol. The van der Waals surface area contributed by atoms with E-state index in [-0.39, 0.29) is 17.2 Å². The standard InChI is InChI=1S/C13H22N2O2/c14-7-4-8-15-11(16)9-13(10-12(15)17)5-2-1-3-6-13/h1-10,14H2. The summed E-state index contributed by atoms with van der Waals surface area (Å²) in [5.41, 5.74) is 5.43. The molecule has 0 radical (unpaired) electrons. The van der Waals surface area contributed by atoms with Gasteiger partial charge < -0.3 is 5.73 Å². The molecule has 17 heavy (non-hydrogen) atoms. The van der Waals surface area contributed by atoms with Gasteiger partial charge in [0.2, 0.25) is 11.8 Å². The highest BCUT2D eigenvalue weighted by molar-refractivity contribution is 5.98. The lowest BCUT2D eigenvalue weighted by Crippen LogP contribution is -2.49. The molecule has 96 valence electrons. The number of likely N-dealkylation sites (tertiary alicyclic amines) is 1. The molecule has 0 unspecified atom stereocenters. The molecule has 2 aliphatic rings. The van der Waals surface area contributed by atoms with Crippen LogP contribution in [0.4, 0.5) is 0 Å². The summed E-state index contributed by atoms with van der Waals surface area (Å²) in [6, 6.07) is 0. The van der Waals surface area contributed by atoms with Crippen LogP contribution in [0.1, 0.15) is 51.4 Å². The predicted molar refractivity (Wildman–Crippen MR) is 65.1 cm³/mol. The van der Waals surface area contributed by atoms with E-state index in [4.69, 9.17) is 5.73 Å². The Bertz CT molecular complexity index is 289. The van der Waals surface area contributed by atoms with Gasteiger partial charge in [-0.15, -0.1) is 0 Å². The summed E-state index contributed by atoms with van der Waals surface area (Å²) in [5, 5.41) is 0. The lowest BCUT2D eigenvalue weighted by atomic mass is 9.67. The number of hydrogen-bond acceptors (Lipinski definition) is 3. The Morgan fingerprint density at radius 2 is 1.65 bits per heavy atom. The zero-order valence-corrected chi connectivity index (χ0v) is 10.4. The molecule has 2 N–H and O–H groups in total. The van der Waals surface area contributed by atoms with Gasteiger partial charge >= 0.3 is 0 Å². The van der Waals surface area contributed by atoms with E-state index in [0.717, 1.165) is 12.8 Å². The SMILES string of the molecule is NCCCN1C(=O)CC2(CCCCC2)CC1=O. The van der Waals surface area contributed by atoms with Crippen molar-refractivity contribution >= 4 is 11.8 Å². The molecule has 1 aliphatic carbocycles. The van der Waals surface area contributed by atoms with Crippen LogP contribution in [0.5, 0.6) is 0 Å². The number of carbonyl (C=O) groups excluding carboxylic acids is 2. The quantitative estimate of drug-likeness (QED) is 0.757. The van der Waals surface area contributed by atoms with Crippen LogP contribution in [0.2, 0.25) is 0 Å². The topological polar surface area (TPSA) is 63.4 Å². The molecule has 0 aromatic rings. The molecule has 0 aromatic heterocycles. The zero-order chi connectivity index (χ0) is 12.3. The Balaban J connectivity index is 2.01. The van der Waals surface area contributed by atoms with Gasteiger partial charge in [-0.2, -0.15) is 0 Å². The first-order valence-corrected chi connectivity index (χ1v) is 6.70. The van der Waals surface area contributed by atoms with E-state index in [0.29, 0.717) is 32.4 Å². The van der Waals surface area contributed by atoms with Crippen LogP contribution >= 0.6 is 0 Å². The van der Waals surface area contributed by atoms with Gasteiger partial charge in [-0.1, -0.05) is 19.3 Å². The molecule has 0 bridgehead atoms. The number of nitrogens with zero attached hydrogens (tertiary/aromatic N) is 1. The third kappa shape index (κ3) is 2.68. The van der Waals surface area contributed by atoms with Gasteiger partial charge in [-0.25, -0.2) is 0 Å². The molecule has 1 aliphatic heterocycles. The van der Waals surface area contributed by atoms with E-state index in [2.05, 4.69) is 0 Å². The van der Waals surface area contributed by atoms with Crippen LogP contribution in [-0.4, -0.2) is 29.8 Å². The van der Waals surface area contributed by atoms with Gasteiger partial charge in [-0.3, -0.25) is 14.5 Å². The molecule has 4 heteroatoms. The van der Waals surface area contributed by atoms with E-state index in [9.17, 15) is 9.59 Å². The maximum Gasteiger partial charge on any atom is 0.229 e. The van der Waals surface area contributed by atoms with E-state index >= 15 is 0 Å². The maximum atomic E-state index is 12.0. The van der Waals surface area contributed by atoms with E-state index in [1.165, 1.54) is 24.2 Å². The van der Waals surface area contributed by atoms with Crippen molar-refractivity contribution in [3.05, 3.63) is 0 Å². The highest BCUT2D eigenvalue weighted by Crippen LogP contribution is 2.45. The van der Waals surface area contributed by atoms with Gasteiger partial charge in [-0.05, 0) is 31.2 Å².